The van der Waals surface area contributed by atoms with Crippen LogP contribution in [0.15, 0.2) is 4.79 Å². The third kappa shape index (κ3) is 3.11. The Balaban J connectivity index is 1.99. The van der Waals surface area contributed by atoms with Crippen LogP contribution in [0.1, 0.15) is 26.0 Å². The molecule has 2 atom stereocenters. The zero-order chi connectivity index (χ0) is 19.0. The molecule has 2 aromatic rings. The molecule has 2 aromatic heterocycles. The SMILES string of the molecule is CC(=O)OCC1CCC(n2nnc3c([N+](=O)[O-])nn(C(N)=S)c3c2=O)O1. The van der Waals surface area contributed by atoms with Crippen molar-refractivity contribution >= 4 is 40.2 Å². The molecule has 1 fully saturated rings. The minimum Gasteiger partial charge on any atom is -0.463 e. The van der Waals surface area contributed by atoms with Gasteiger partial charge in [0.25, 0.3) is 0 Å². The van der Waals surface area contributed by atoms with E-state index < -0.39 is 34.6 Å². The van der Waals surface area contributed by atoms with Crippen molar-refractivity contribution in [2.24, 2.45) is 5.73 Å². The highest BCUT2D eigenvalue weighted by Crippen LogP contribution is 2.27. The highest BCUT2D eigenvalue weighted by molar-refractivity contribution is 7.80. The van der Waals surface area contributed by atoms with E-state index in [0.717, 1.165) is 9.36 Å². The Hall–Kier alpha value is -3.00. The zero-order valence-corrected chi connectivity index (χ0v) is 14.2. The molecule has 0 bridgehead atoms. The van der Waals surface area contributed by atoms with Gasteiger partial charge in [0.2, 0.25) is 10.6 Å². The van der Waals surface area contributed by atoms with Crippen LogP contribution in [-0.4, -0.2) is 53.5 Å². The number of thiocarbonyl (C=S) groups is 1. The molecule has 3 heterocycles. The number of esters is 1. The van der Waals surface area contributed by atoms with E-state index in [4.69, 9.17) is 27.4 Å². The van der Waals surface area contributed by atoms with Gasteiger partial charge in [-0.3, -0.25) is 9.59 Å². The summed E-state index contributed by atoms with van der Waals surface area (Å²) in [7, 11) is 0. The molecule has 0 saturated carbocycles. The molecule has 2 unspecified atom stereocenters. The number of rotatable bonds is 4. The number of nitrogens with two attached hydrogens (primary N) is 1. The second-order valence-electron chi connectivity index (χ2n) is 5.46. The Labute approximate surface area is 149 Å². The van der Waals surface area contributed by atoms with Gasteiger partial charge < -0.3 is 25.3 Å². The van der Waals surface area contributed by atoms with Crippen molar-refractivity contribution in [3.8, 4) is 0 Å². The van der Waals surface area contributed by atoms with Gasteiger partial charge in [0.15, 0.2) is 11.7 Å². The fraction of sp³-hybridized carbons (Fsp3) is 0.500. The first-order valence-electron chi connectivity index (χ1n) is 7.40. The number of carbonyl (C=O) groups excluding carboxylic acids is 1. The van der Waals surface area contributed by atoms with Crippen LogP contribution in [-0.2, 0) is 14.3 Å². The number of carbonyl (C=O) groups is 1. The van der Waals surface area contributed by atoms with Crippen molar-refractivity contribution < 1.29 is 19.2 Å². The first-order valence-corrected chi connectivity index (χ1v) is 7.81. The molecule has 14 heteroatoms. The topological polar surface area (TPSA) is 170 Å². The summed E-state index contributed by atoms with van der Waals surface area (Å²) in [4.78, 5) is 33.9. The van der Waals surface area contributed by atoms with Crippen LogP contribution in [0.2, 0.25) is 0 Å². The van der Waals surface area contributed by atoms with Crippen LogP contribution in [0.3, 0.4) is 0 Å². The van der Waals surface area contributed by atoms with Crippen molar-refractivity contribution in [1.29, 1.82) is 0 Å². The third-order valence-corrected chi connectivity index (χ3v) is 3.88. The van der Waals surface area contributed by atoms with Crippen LogP contribution in [0, 0.1) is 10.1 Å². The highest BCUT2D eigenvalue weighted by atomic mass is 32.1. The van der Waals surface area contributed by atoms with Crippen molar-refractivity contribution in [3.05, 3.63) is 20.5 Å². The molecule has 0 aliphatic carbocycles. The van der Waals surface area contributed by atoms with E-state index in [1.165, 1.54) is 6.92 Å². The van der Waals surface area contributed by atoms with Crippen molar-refractivity contribution in [2.75, 3.05) is 6.61 Å². The van der Waals surface area contributed by atoms with Gasteiger partial charge >= 0.3 is 17.3 Å². The van der Waals surface area contributed by atoms with E-state index in [-0.39, 0.29) is 22.8 Å². The first kappa shape index (κ1) is 17.8. The summed E-state index contributed by atoms with van der Waals surface area (Å²) in [5, 5.41) is 21.8. The van der Waals surface area contributed by atoms with E-state index in [0.29, 0.717) is 12.8 Å². The lowest BCUT2D eigenvalue weighted by atomic mass is 10.2. The fourth-order valence-electron chi connectivity index (χ4n) is 2.59. The third-order valence-electron chi connectivity index (χ3n) is 3.71. The largest absolute Gasteiger partial charge is 0.463 e. The molecule has 3 rings (SSSR count). The average molecular weight is 383 g/mol. The van der Waals surface area contributed by atoms with Crippen LogP contribution in [0.25, 0.3) is 11.0 Å². The highest BCUT2D eigenvalue weighted by Gasteiger charge is 2.33. The van der Waals surface area contributed by atoms with Gasteiger partial charge in [-0.15, -0.1) is 9.78 Å². The fourth-order valence-corrected chi connectivity index (χ4v) is 2.73. The van der Waals surface area contributed by atoms with Gasteiger partial charge in [-0.2, -0.15) is 4.68 Å². The number of nitro groups is 1. The predicted molar refractivity (Wildman–Crippen MR) is 88.2 cm³/mol. The van der Waals surface area contributed by atoms with E-state index >= 15 is 0 Å². The summed E-state index contributed by atoms with van der Waals surface area (Å²) in [5.74, 6) is -1.12. The van der Waals surface area contributed by atoms with Crippen molar-refractivity contribution in [3.63, 3.8) is 0 Å². The lowest BCUT2D eigenvalue weighted by Crippen LogP contribution is -2.32. The molecule has 1 aliphatic rings. The summed E-state index contributed by atoms with van der Waals surface area (Å²) in [6, 6.07) is 0. The van der Waals surface area contributed by atoms with Crippen LogP contribution in [0.5, 0.6) is 0 Å². The Morgan fingerprint density at radius 3 is 2.88 bits per heavy atom. The number of hydrogen-bond acceptors (Lipinski definition) is 10. The molecule has 1 aliphatic heterocycles. The quantitative estimate of drug-likeness (QED) is 0.304. The van der Waals surface area contributed by atoms with Crippen molar-refractivity contribution in [2.45, 2.75) is 32.1 Å². The van der Waals surface area contributed by atoms with E-state index in [1.807, 2.05) is 0 Å². The van der Waals surface area contributed by atoms with Gasteiger partial charge in [-0.1, -0.05) is 5.21 Å². The van der Waals surface area contributed by atoms with Gasteiger partial charge in [-0.05, 0) is 30.0 Å². The maximum atomic E-state index is 12.7. The molecular formula is C12H13N7O6S. The van der Waals surface area contributed by atoms with Crippen LogP contribution >= 0.6 is 12.2 Å². The lowest BCUT2D eigenvalue weighted by Gasteiger charge is -2.14. The molecule has 0 amide bonds. The predicted octanol–water partition coefficient (Wildman–Crippen LogP) is -0.771. The minimum atomic E-state index is -0.809. The summed E-state index contributed by atoms with van der Waals surface area (Å²) >= 11 is 4.78. The van der Waals surface area contributed by atoms with Gasteiger partial charge in [0.05, 0.1) is 11.2 Å². The van der Waals surface area contributed by atoms with E-state index in [9.17, 15) is 19.7 Å². The summed E-state index contributed by atoms with van der Waals surface area (Å²) in [5.41, 5.74) is 4.18. The molecule has 13 nitrogen and oxygen atoms in total. The van der Waals surface area contributed by atoms with Gasteiger partial charge in [-0.25, -0.2) is 0 Å². The van der Waals surface area contributed by atoms with Crippen molar-refractivity contribution in [1.82, 2.24) is 24.8 Å². The Kier molecular flexibility index (Phi) is 4.60. The average Bonchev–Trinajstić information content (AvgIpc) is 3.18. The number of fused-ring (bicyclic) bond motifs is 1. The van der Waals surface area contributed by atoms with E-state index in [2.05, 4.69) is 15.4 Å². The normalized spacial score (nSPS) is 19.6. The molecule has 0 radical (unpaired) electrons. The molecule has 26 heavy (non-hydrogen) atoms. The molecule has 138 valence electrons. The maximum absolute atomic E-state index is 12.7. The summed E-state index contributed by atoms with van der Waals surface area (Å²) in [6.45, 7) is 1.33. The zero-order valence-electron chi connectivity index (χ0n) is 13.4. The Morgan fingerprint density at radius 2 is 2.27 bits per heavy atom. The molecule has 2 N–H and O–H groups in total. The molecule has 0 aromatic carbocycles. The Bertz CT molecular complexity index is 969. The second-order valence-corrected chi connectivity index (χ2v) is 5.88. The maximum Gasteiger partial charge on any atom is 0.419 e. The first-order chi connectivity index (χ1) is 12.3. The number of hydrogen-bond donors (Lipinski definition) is 1. The lowest BCUT2D eigenvalue weighted by molar-refractivity contribution is -0.388. The van der Waals surface area contributed by atoms with Gasteiger partial charge in [0, 0.05) is 6.92 Å². The number of aromatic nitrogens is 5. The second kappa shape index (κ2) is 6.72. The monoisotopic (exact) mass is 383 g/mol. The summed E-state index contributed by atoms with van der Waals surface area (Å²) in [6.07, 6.45) is -0.231. The van der Waals surface area contributed by atoms with Crippen LogP contribution < -0.4 is 11.3 Å². The standard InChI is InChI=1S/C12H13N7O6S/c1-5(20)24-4-6-2-3-7(25-6)17-11(21)9-8(14-16-17)10(19(22)23)15-18(9)12(13)26/h6-7H,2-4H2,1H3,(H2,13,26). The molecule has 0 spiro atoms. The number of ether oxygens (including phenoxy) is 2. The van der Waals surface area contributed by atoms with E-state index in [1.54, 1.807) is 0 Å². The minimum absolute atomic E-state index is 0.0482. The van der Waals surface area contributed by atoms with Crippen LogP contribution in [0.4, 0.5) is 5.82 Å². The summed E-state index contributed by atoms with van der Waals surface area (Å²) < 4.78 is 12.2. The smallest absolute Gasteiger partial charge is 0.419 e. The molecule has 1 saturated heterocycles. The van der Waals surface area contributed by atoms with Gasteiger partial charge in [0.1, 0.15) is 6.61 Å². The Morgan fingerprint density at radius 1 is 1.54 bits per heavy atom. The number of nitrogens with zero attached hydrogens (tertiary/aromatic N) is 6. The molecular weight excluding hydrogens is 370 g/mol.